The van der Waals surface area contributed by atoms with E-state index in [9.17, 15) is 23.1 Å². The fraction of sp³-hybridized carbons (Fsp3) is 0.467. The van der Waals surface area contributed by atoms with Gasteiger partial charge in [-0.15, -0.1) is 0 Å². The minimum Gasteiger partial charge on any atom is -0.384 e. The summed E-state index contributed by atoms with van der Waals surface area (Å²) in [5.41, 5.74) is -0.706. The summed E-state index contributed by atoms with van der Waals surface area (Å²) in [6.45, 7) is 2.20. The molecule has 23 heavy (non-hydrogen) atoms. The molecule has 1 saturated heterocycles. The molecule has 5 nitrogen and oxygen atoms in total. The van der Waals surface area contributed by atoms with Crippen LogP contribution in [0.1, 0.15) is 18.1 Å². The van der Waals surface area contributed by atoms with Gasteiger partial charge in [0.05, 0.1) is 22.9 Å². The second kappa shape index (κ2) is 6.46. The molecule has 1 aromatic carbocycles. The number of nitrogens with zero attached hydrogens (tertiary/aromatic N) is 3. The zero-order valence-electron chi connectivity index (χ0n) is 12.5. The van der Waals surface area contributed by atoms with E-state index >= 15 is 0 Å². The monoisotopic (exact) mass is 327 g/mol. The first-order valence-electron chi connectivity index (χ1n) is 7.07. The number of aliphatic hydroxyl groups is 1. The molecule has 1 aliphatic rings. The van der Waals surface area contributed by atoms with E-state index in [1.807, 2.05) is 6.07 Å². The third-order valence-electron chi connectivity index (χ3n) is 3.72. The van der Waals surface area contributed by atoms with E-state index in [-0.39, 0.29) is 37.4 Å². The molecule has 8 heteroatoms. The quantitative estimate of drug-likeness (QED) is 0.896. The Labute approximate surface area is 131 Å². The third kappa shape index (κ3) is 3.74. The largest absolute Gasteiger partial charge is 0.418 e. The molecule has 0 aliphatic carbocycles. The lowest BCUT2D eigenvalue weighted by Crippen LogP contribution is -2.51. The number of benzene rings is 1. The van der Waals surface area contributed by atoms with Gasteiger partial charge in [0.1, 0.15) is 6.10 Å². The van der Waals surface area contributed by atoms with Crippen LogP contribution in [0.2, 0.25) is 0 Å². The highest BCUT2D eigenvalue weighted by Gasteiger charge is 2.36. The average Bonchev–Trinajstić information content (AvgIpc) is 2.52. The highest BCUT2D eigenvalue weighted by molar-refractivity contribution is 5.80. The molecule has 0 aromatic heterocycles. The van der Waals surface area contributed by atoms with E-state index in [2.05, 4.69) is 0 Å². The predicted molar refractivity (Wildman–Crippen MR) is 76.6 cm³/mol. The van der Waals surface area contributed by atoms with Gasteiger partial charge >= 0.3 is 6.18 Å². The molecule has 1 amide bonds. The summed E-state index contributed by atoms with van der Waals surface area (Å²) in [4.78, 5) is 14.6. The molecule has 0 spiro atoms. The molecule has 1 heterocycles. The number of aliphatic hydroxyl groups excluding tert-OH is 1. The normalized spacial score (nSPS) is 16.9. The van der Waals surface area contributed by atoms with Crippen LogP contribution in [0.4, 0.5) is 18.9 Å². The maximum atomic E-state index is 13.1. The Morgan fingerprint density at radius 2 is 1.91 bits per heavy atom. The lowest BCUT2D eigenvalue weighted by molar-refractivity contribution is -0.140. The minimum absolute atomic E-state index is 0.0549. The van der Waals surface area contributed by atoms with Gasteiger partial charge in [-0.2, -0.15) is 18.4 Å². The molecule has 1 fully saturated rings. The van der Waals surface area contributed by atoms with Crippen LogP contribution >= 0.6 is 0 Å². The van der Waals surface area contributed by atoms with Gasteiger partial charge in [0.15, 0.2) is 0 Å². The molecule has 1 aliphatic heterocycles. The Bertz CT molecular complexity index is 630. The Morgan fingerprint density at radius 1 is 1.30 bits per heavy atom. The van der Waals surface area contributed by atoms with E-state index in [1.54, 1.807) is 0 Å². The number of carbonyl (C=O) groups is 1. The van der Waals surface area contributed by atoms with Crippen LogP contribution < -0.4 is 4.90 Å². The van der Waals surface area contributed by atoms with Gasteiger partial charge in [0, 0.05) is 26.2 Å². The number of hydrogen-bond donors (Lipinski definition) is 1. The average molecular weight is 327 g/mol. The summed E-state index contributed by atoms with van der Waals surface area (Å²) in [5.74, 6) is -0.438. The Hall–Kier alpha value is -2.27. The number of nitriles is 1. The van der Waals surface area contributed by atoms with E-state index in [0.29, 0.717) is 0 Å². The summed E-state index contributed by atoms with van der Waals surface area (Å²) >= 11 is 0. The molecule has 1 N–H and O–H groups in total. The number of halogens is 3. The number of piperazine rings is 1. The molecule has 1 aromatic rings. The summed E-state index contributed by atoms with van der Waals surface area (Å²) in [7, 11) is 0. The fourth-order valence-electron chi connectivity index (χ4n) is 2.53. The van der Waals surface area contributed by atoms with Crippen LogP contribution in [0.15, 0.2) is 18.2 Å². The van der Waals surface area contributed by atoms with Crippen molar-refractivity contribution in [3.05, 3.63) is 29.3 Å². The van der Waals surface area contributed by atoms with Crippen molar-refractivity contribution in [1.82, 2.24) is 4.90 Å². The molecular formula is C15H16F3N3O2. The number of amides is 1. The lowest BCUT2D eigenvalue weighted by Gasteiger charge is -2.37. The number of anilines is 1. The highest BCUT2D eigenvalue weighted by atomic mass is 19.4. The van der Waals surface area contributed by atoms with Crippen LogP contribution in [-0.2, 0) is 11.0 Å². The summed E-state index contributed by atoms with van der Waals surface area (Å²) in [6.07, 6.45) is -5.65. The molecular weight excluding hydrogens is 311 g/mol. The molecule has 124 valence electrons. The Kier molecular flexibility index (Phi) is 4.80. The standard InChI is InChI=1S/C15H16F3N3O2/c1-10(22)14(23)21-6-4-20(5-7-21)13-8-11(9-19)2-3-12(13)15(16,17)18/h2-3,8,10,22H,4-7H2,1H3. The number of carbonyl (C=O) groups excluding carboxylic acids is 1. The number of hydrogen-bond acceptors (Lipinski definition) is 4. The maximum absolute atomic E-state index is 13.1. The molecule has 0 radical (unpaired) electrons. The van der Waals surface area contributed by atoms with Crippen molar-refractivity contribution < 1.29 is 23.1 Å². The van der Waals surface area contributed by atoms with Crippen molar-refractivity contribution in [2.45, 2.75) is 19.2 Å². The van der Waals surface area contributed by atoms with Crippen LogP contribution in [0.5, 0.6) is 0 Å². The van der Waals surface area contributed by atoms with E-state index in [4.69, 9.17) is 5.26 Å². The Balaban J connectivity index is 2.23. The minimum atomic E-state index is -4.52. The highest BCUT2D eigenvalue weighted by Crippen LogP contribution is 2.37. The predicted octanol–water partition coefficient (Wildman–Crippen LogP) is 1.61. The van der Waals surface area contributed by atoms with Crippen molar-refractivity contribution in [2.75, 3.05) is 31.1 Å². The first-order chi connectivity index (χ1) is 10.7. The van der Waals surface area contributed by atoms with Crippen molar-refractivity contribution in [3.8, 4) is 6.07 Å². The molecule has 0 saturated carbocycles. The zero-order chi connectivity index (χ0) is 17.2. The lowest BCUT2D eigenvalue weighted by atomic mass is 10.1. The number of alkyl halides is 3. The molecule has 2 rings (SSSR count). The molecule has 1 atom stereocenters. The van der Waals surface area contributed by atoms with Gasteiger partial charge in [0.25, 0.3) is 5.91 Å². The zero-order valence-corrected chi connectivity index (χ0v) is 12.5. The molecule has 0 bridgehead atoms. The topological polar surface area (TPSA) is 67.6 Å². The van der Waals surface area contributed by atoms with Gasteiger partial charge in [0.2, 0.25) is 0 Å². The van der Waals surface area contributed by atoms with Crippen molar-refractivity contribution in [1.29, 1.82) is 5.26 Å². The maximum Gasteiger partial charge on any atom is 0.418 e. The summed E-state index contributed by atoms with van der Waals surface area (Å²) in [5, 5.41) is 18.2. The van der Waals surface area contributed by atoms with Gasteiger partial charge in [-0.3, -0.25) is 4.79 Å². The second-order valence-electron chi connectivity index (χ2n) is 5.33. The Morgan fingerprint density at radius 3 is 2.39 bits per heavy atom. The SMILES string of the molecule is CC(O)C(=O)N1CCN(c2cc(C#N)ccc2C(F)(F)F)CC1. The fourth-order valence-corrected chi connectivity index (χ4v) is 2.53. The van der Waals surface area contributed by atoms with Crippen molar-refractivity contribution >= 4 is 11.6 Å². The van der Waals surface area contributed by atoms with E-state index < -0.39 is 23.8 Å². The van der Waals surface area contributed by atoms with Gasteiger partial charge in [-0.1, -0.05) is 0 Å². The van der Waals surface area contributed by atoms with Gasteiger partial charge in [-0.25, -0.2) is 0 Å². The van der Waals surface area contributed by atoms with Crippen molar-refractivity contribution in [3.63, 3.8) is 0 Å². The second-order valence-corrected chi connectivity index (χ2v) is 5.33. The van der Waals surface area contributed by atoms with Gasteiger partial charge < -0.3 is 14.9 Å². The number of rotatable bonds is 2. The first kappa shape index (κ1) is 17.1. The third-order valence-corrected chi connectivity index (χ3v) is 3.72. The van der Waals surface area contributed by atoms with Crippen LogP contribution in [0.3, 0.4) is 0 Å². The van der Waals surface area contributed by atoms with Crippen molar-refractivity contribution in [2.24, 2.45) is 0 Å². The smallest absolute Gasteiger partial charge is 0.384 e. The summed E-state index contributed by atoms with van der Waals surface area (Å²) in [6, 6.07) is 5.10. The van der Waals surface area contributed by atoms with Gasteiger partial charge in [-0.05, 0) is 25.1 Å². The van der Waals surface area contributed by atoms with E-state index in [0.717, 1.165) is 12.1 Å². The van der Waals surface area contributed by atoms with Crippen LogP contribution in [0.25, 0.3) is 0 Å². The van der Waals surface area contributed by atoms with E-state index in [1.165, 1.54) is 22.8 Å². The van der Waals surface area contributed by atoms with Crippen LogP contribution in [-0.4, -0.2) is 48.2 Å². The summed E-state index contributed by atoms with van der Waals surface area (Å²) < 4.78 is 39.4. The first-order valence-corrected chi connectivity index (χ1v) is 7.07. The van der Waals surface area contributed by atoms with Crippen LogP contribution in [0, 0.1) is 11.3 Å². The molecule has 1 unspecified atom stereocenters.